The number of thiophene rings is 1. The number of fused-ring (bicyclic) bond motifs is 1. The topological polar surface area (TPSA) is 104 Å². The Bertz CT molecular complexity index is 981. The Kier molecular flexibility index (Phi) is 4.93. The summed E-state index contributed by atoms with van der Waals surface area (Å²) in [6.45, 7) is 0.838. The minimum Gasteiger partial charge on any atom is -0.368 e. The maximum Gasteiger partial charge on any atom is 0.272 e. The third-order valence-electron chi connectivity index (χ3n) is 3.39. The summed E-state index contributed by atoms with van der Waals surface area (Å²) in [5, 5.41) is 12.6. The van der Waals surface area contributed by atoms with Crippen molar-refractivity contribution in [1.82, 2.24) is 14.9 Å². The van der Waals surface area contributed by atoms with Crippen LogP contribution in [0.1, 0.15) is 6.42 Å². The summed E-state index contributed by atoms with van der Waals surface area (Å²) in [6.07, 6.45) is 0.583. The van der Waals surface area contributed by atoms with E-state index in [-0.39, 0.29) is 5.56 Å². The summed E-state index contributed by atoms with van der Waals surface area (Å²) >= 11 is 1.18. The van der Waals surface area contributed by atoms with Crippen molar-refractivity contribution in [3.8, 4) is 0 Å². The van der Waals surface area contributed by atoms with E-state index < -0.39 is 10.0 Å². The first-order valence-electron chi connectivity index (χ1n) is 7.32. The molecule has 0 unspecified atom stereocenters. The molecule has 2 heterocycles. The molecule has 1 aromatic carbocycles. The molecule has 9 heteroatoms. The molecule has 0 aliphatic rings. The lowest BCUT2D eigenvalue weighted by Gasteiger charge is -2.08. The number of H-pyrrole nitrogens is 1. The molecule has 0 aliphatic heterocycles. The van der Waals surface area contributed by atoms with Crippen LogP contribution in [0.2, 0.25) is 0 Å². The number of nitrogens with zero attached hydrogens (tertiary/aromatic N) is 1. The molecular weight excluding hydrogens is 348 g/mol. The molecule has 2 aromatic heterocycles. The van der Waals surface area contributed by atoms with Gasteiger partial charge in [-0.15, -0.1) is 11.3 Å². The predicted octanol–water partition coefficient (Wildman–Crippen LogP) is 1.77. The van der Waals surface area contributed by atoms with Crippen molar-refractivity contribution in [3.63, 3.8) is 0 Å². The zero-order valence-electron chi connectivity index (χ0n) is 12.7. The van der Waals surface area contributed by atoms with Crippen LogP contribution in [0, 0.1) is 0 Å². The third kappa shape index (κ3) is 3.64. The standard InChI is InChI=1S/C15H16N4O3S2/c20-15-12-6-2-1-5-11(12)14(18-19-15)16-8-4-9-17-24(21,22)13-7-3-10-23-13/h1-3,5-7,10,17H,4,8-9H2,(H,16,18)(H,19,20). The molecule has 0 amide bonds. The molecule has 7 nitrogen and oxygen atoms in total. The van der Waals surface area contributed by atoms with E-state index in [1.807, 2.05) is 12.1 Å². The van der Waals surface area contributed by atoms with Gasteiger partial charge in [-0.2, -0.15) is 5.10 Å². The summed E-state index contributed by atoms with van der Waals surface area (Å²) in [6, 6.07) is 10.5. The van der Waals surface area contributed by atoms with Gasteiger partial charge in [0.25, 0.3) is 5.56 Å². The summed E-state index contributed by atoms with van der Waals surface area (Å²) in [5.74, 6) is 0.575. The molecular formula is C15H16N4O3S2. The number of anilines is 1. The highest BCUT2D eigenvalue weighted by atomic mass is 32.2. The molecule has 0 spiro atoms. The summed E-state index contributed by atoms with van der Waals surface area (Å²) in [5.41, 5.74) is -0.236. The smallest absolute Gasteiger partial charge is 0.272 e. The first kappa shape index (κ1) is 16.6. The predicted molar refractivity (Wildman–Crippen MR) is 95.0 cm³/mol. The number of rotatable bonds is 7. The van der Waals surface area contributed by atoms with E-state index in [0.717, 1.165) is 5.39 Å². The Balaban J connectivity index is 1.56. The zero-order chi connectivity index (χ0) is 17.0. The number of nitrogens with one attached hydrogen (secondary N) is 3. The Morgan fingerprint density at radius 2 is 1.88 bits per heavy atom. The van der Waals surface area contributed by atoms with Gasteiger partial charge in [0.1, 0.15) is 4.21 Å². The second-order valence-electron chi connectivity index (χ2n) is 5.06. The van der Waals surface area contributed by atoms with Gasteiger partial charge in [0.2, 0.25) is 10.0 Å². The van der Waals surface area contributed by atoms with Crippen LogP contribution in [0.3, 0.4) is 0 Å². The third-order valence-corrected chi connectivity index (χ3v) is 6.25. The van der Waals surface area contributed by atoms with Crippen LogP contribution in [0.4, 0.5) is 5.82 Å². The van der Waals surface area contributed by atoms with Crippen molar-refractivity contribution >= 4 is 38.0 Å². The first-order chi connectivity index (χ1) is 11.6. The lowest BCUT2D eigenvalue weighted by atomic mass is 10.2. The van der Waals surface area contributed by atoms with E-state index >= 15 is 0 Å². The van der Waals surface area contributed by atoms with E-state index in [9.17, 15) is 13.2 Å². The van der Waals surface area contributed by atoms with E-state index in [1.54, 1.807) is 29.6 Å². The highest BCUT2D eigenvalue weighted by Crippen LogP contribution is 2.17. The lowest BCUT2D eigenvalue weighted by molar-refractivity contribution is 0.582. The Hall–Kier alpha value is -2.23. The lowest BCUT2D eigenvalue weighted by Crippen LogP contribution is -2.25. The zero-order valence-corrected chi connectivity index (χ0v) is 14.3. The summed E-state index contributed by atoms with van der Waals surface area (Å²) < 4.78 is 26.8. The van der Waals surface area contributed by atoms with Crippen molar-refractivity contribution in [2.24, 2.45) is 0 Å². The average Bonchev–Trinajstić information content (AvgIpc) is 3.12. The molecule has 0 saturated carbocycles. The molecule has 24 heavy (non-hydrogen) atoms. The van der Waals surface area contributed by atoms with Crippen molar-refractivity contribution in [2.75, 3.05) is 18.4 Å². The second-order valence-corrected chi connectivity index (χ2v) is 8.00. The largest absolute Gasteiger partial charge is 0.368 e. The van der Waals surface area contributed by atoms with Gasteiger partial charge in [0.05, 0.1) is 5.39 Å². The van der Waals surface area contributed by atoms with Crippen LogP contribution >= 0.6 is 11.3 Å². The molecule has 3 aromatic rings. The van der Waals surface area contributed by atoms with E-state index in [1.165, 1.54) is 11.3 Å². The molecule has 3 rings (SSSR count). The quantitative estimate of drug-likeness (QED) is 0.554. The number of hydrogen-bond acceptors (Lipinski definition) is 6. The monoisotopic (exact) mass is 364 g/mol. The Morgan fingerprint density at radius 3 is 2.62 bits per heavy atom. The molecule has 0 atom stereocenters. The molecule has 0 saturated heterocycles. The number of aromatic nitrogens is 2. The fourth-order valence-corrected chi connectivity index (χ4v) is 4.35. The van der Waals surface area contributed by atoms with Crippen LogP contribution in [0.25, 0.3) is 10.8 Å². The first-order valence-corrected chi connectivity index (χ1v) is 9.69. The van der Waals surface area contributed by atoms with Crippen LogP contribution in [-0.4, -0.2) is 31.7 Å². The van der Waals surface area contributed by atoms with Gasteiger partial charge in [-0.25, -0.2) is 18.2 Å². The van der Waals surface area contributed by atoms with Crippen LogP contribution < -0.4 is 15.6 Å². The van der Waals surface area contributed by atoms with Crippen molar-refractivity contribution in [2.45, 2.75) is 10.6 Å². The van der Waals surface area contributed by atoms with Gasteiger partial charge in [0.15, 0.2) is 5.82 Å². The number of sulfonamides is 1. The summed E-state index contributed by atoms with van der Waals surface area (Å²) in [7, 11) is -3.42. The maximum absolute atomic E-state index is 12.0. The number of benzene rings is 1. The van der Waals surface area contributed by atoms with Crippen molar-refractivity contribution in [3.05, 3.63) is 52.1 Å². The van der Waals surface area contributed by atoms with Gasteiger partial charge in [-0.05, 0) is 23.9 Å². The van der Waals surface area contributed by atoms with E-state index in [4.69, 9.17) is 0 Å². The van der Waals surface area contributed by atoms with Gasteiger partial charge in [-0.3, -0.25) is 4.79 Å². The summed E-state index contributed by atoms with van der Waals surface area (Å²) in [4.78, 5) is 11.7. The normalized spacial score (nSPS) is 11.7. The Labute approximate surface area is 142 Å². The highest BCUT2D eigenvalue weighted by molar-refractivity contribution is 7.91. The van der Waals surface area contributed by atoms with E-state index in [0.29, 0.717) is 34.9 Å². The Morgan fingerprint density at radius 1 is 1.08 bits per heavy atom. The minimum absolute atomic E-state index is 0.236. The molecule has 126 valence electrons. The number of aromatic amines is 1. The molecule has 3 N–H and O–H groups in total. The van der Waals surface area contributed by atoms with Gasteiger partial charge < -0.3 is 5.32 Å². The van der Waals surface area contributed by atoms with Crippen LogP contribution in [-0.2, 0) is 10.0 Å². The minimum atomic E-state index is -3.42. The van der Waals surface area contributed by atoms with Crippen molar-refractivity contribution < 1.29 is 8.42 Å². The van der Waals surface area contributed by atoms with Crippen LogP contribution in [0.5, 0.6) is 0 Å². The second kappa shape index (κ2) is 7.12. The highest BCUT2D eigenvalue weighted by Gasteiger charge is 2.13. The average molecular weight is 364 g/mol. The molecule has 0 aliphatic carbocycles. The fourth-order valence-electron chi connectivity index (χ4n) is 2.24. The van der Waals surface area contributed by atoms with Crippen LogP contribution in [0.15, 0.2) is 50.8 Å². The van der Waals surface area contributed by atoms with Gasteiger partial charge in [0, 0.05) is 18.5 Å². The van der Waals surface area contributed by atoms with E-state index in [2.05, 4.69) is 20.2 Å². The SMILES string of the molecule is O=c1[nH]nc(NCCCNS(=O)(=O)c2cccs2)c2ccccc12. The van der Waals surface area contributed by atoms with Crippen molar-refractivity contribution in [1.29, 1.82) is 0 Å². The molecule has 0 fully saturated rings. The fraction of sp³-hybridized carbons (Fsp3) is 0.200. The van der Waals surface area contributed by atoms with Gasteiger partial charge >= 0.3 is 0 Å². The van der Waals surface area contributed by atoms with Gasteiger partial charge in [-0.1, -0.05) is 24.3 Å². The number of hydrogen-bond donors (Lipinski definition) is 3. The molecule has 0 radical (unpaired) electrons. The maximum atomic E-state index is 12.0. The molecule has 0 bridgehead atoms.